The van der Waals surface area contributed by atoms with Gasteiger partial charge >= 0.3 is 0 Å². The van der Waals surface area contributed by atoms with E-state index >= 15 is 0 Å². The summed E-state index contributed by atoms with van der Waals surface area (Å²) in [7, 11) is 1.74. The highest BCUT2D eigenvalue weighted by Gasteiger charge is 2.47. The monoisotopic (exact) mass is 551 g/mol. The second-order valence-electron chi connectivity index (χ2n) is 12.5. The second kappa shape index (κ2) is 10.9. The Hall–Kier alpha value is -2.74. The van der Waals surface area contributed by atoms with E-state index in [2.05, 4.69) is 51.6 Å². The normalized spacial score (nSPS) is 30.1. The molecule has 0 N–H and O–H groups in total. The van der Waals surface area contributed by atoms with Gasteiger partial charge in [0.25, 0.3) is 6.43 Å². The Kier molecular flexibility index (Phi) is 7.49. The molecule has 40 heavy (non-hydrogen) atoms. The number of halogens is 3. The van der Waals surface area contributed by atoms with Crippen molar-refractivity contribution in [2.75, 3.05) is 25.0 Å². The maximum Gasteiger partial charge on any atom is 0.273 e. The fraction of sp³-hybridized carbons (Fsp3) is 0.594. The van der Waals surface area contributed by atoms with Crippen LogP contribution in [0.15, 0.2) is 53.9 Å². The van der Waals surface area contributed by atoms with Crippen molar-refractivity contribution >= 4 is 11.4 Å². The molecule has 5 atom stereocenters. The Labute approximate surface area is 235 Å². The van der Waals surface area contributed by atoms with Gasteiger partial charge in [0, 0.05) is 65.4 Å². The van der Waals surface area contributed by atoms with Crippen molar-refractivity contribution in [3.63, 3.8) is 0 Å². The first-order valence-electron chi connectivity index (χ1n) is 14.9. The zero-order valence-electron chi connectivity index (χ0n) is 23.6. The third-order valence-electron chi connectivity index (χ3n) is 9.45. The van der Waals surface area contributed by atoms with Crippen LogP contribution < -0.4 is 4.90 Å². The molecule has 5 unspecified atom stereocenters. The molecule has 3 fully saturated rings. The van der Waals surface area contributed by atoms with Gasteiger partial charge in [-0.3, -0.25) is 9.89 Å². The highest BCUT2D eigenvalue weighted by Crippen LogP contribution is 2.50. The van der Waals surface area contributed by atoms with E-state index in [-0.39, 0.29) is 11.3 Å². The molecule has 0 radical (unpaired) electrons. The molecule has 1 aromatic heterocycles. The van der Waals surface area contributed by atoms with Gasteiger partial charge in [0.1, 0.15) is 12.0 Å². The van der Waals surface area contributed by atoms with Gasteiger partial charge in [-0.05, 0) is 75.6 Å². The lowest BCUT2D eigenvalue weighted by Gasteiger charge is -2.33. The average Bonchev–Trinajstić information content (AvgIpc) is 3.85. The fourth-order valence-electron chi connectivity index (χ4n) is 6.94. The standard InChI is InChI=1S/C32H40F3N5/c1-4-11-32(28-19-39(3)31(38-28)29(34)35)12-10-21(15-32)18-40(20(2)26-14-27(26)33)25-7-5-6-23(13-25)24-16-36-30(37-17-24)22-8-9-22/h5-7,13,16-17,21-22,26-27,29,31H,2,4,8-12,14-15,18-19H2,1,3H3. The number of hydrogen-bond donors (Lipinski definition) is 0. The van der Waals surface area contributed by atoms with E-state index in [1.165, 1.54) is 12.8 Å². The zero-order chi connectivity index (χ0) is 28.0. The van der Waals surface area contributed by atoms with Gasteiger partial charge in [0.15, 0.2) is 6.17 Å². The Morgan fingerprint density at radius 1 is 1.18 bits per heavy atom. The summed E-state index contributed by atoms with van der Waals surface area (Å²) in [5.41, 5.74) is 4.61. The van der Waals surface area contributed by atoms with E-state index in [0.717, 1.165) is 72.7 Å². The van der Waals surface area contributed by atoms with Gasteiger partial charge in [0.2, 0.25) is 0 Å². The molecule has 0 bridgehead atoms. The van der Waals surface area contributed by atoms with Crippen LogP contribution in [0.5, 0.6) is 0 Å². The summed E-state index contributed by atoms with van der Waals surface area (Å²) < 4.78 is 41.5. The molecule has 0 amide bonds. The summed E-state index contributed by atoms with van der Waals surface area (Å²) in [5.74, 6) is 1.62. The van der Waals surface area contributed by atoms with Crippen molar-refractivity contribution in [1.29, 1.82) is 0 Å². The molecule has 3 aliphatic carbocycles. The van der Waals surface area contributed by atoms with Crippen molar-refractivity contribution in [3.8, 4) is 11.1 Å². The lowest BCUT2D eigenvalue weighted by molar-refractivity contribution is 0.0572. The number of aliphatic imine (C=N–C) groups is 1. The number of nitrogens with zero attached hydrogens (tertiary/aromatic N) is 5. The van der Waals surface area contributed by atoms with Crippen molar-refractivity contribution < 1.29 is 13.2 Å². The summed E-state index contributed by atoms with van der Waals surface area (Å²) in [6.45, 7) is 7.76. The first-order chi connectivity index (χ1) is 19.3. The quantitative estimate of drug-likeness (QED) is 0.295. The van der Waals surface area contributed by atoms with Crippen LogP contribution in [-0.2, 0) is 0 Å². The van der Waals surface area contributed by atoms with Crippen molar-refractivity contribution in [1.82, 2.24) is 14.9 Å². The molecule has 3 saturated carbocycles. The molecule has 8 heteroatoms. The number of alkyl halides is 3. The molecule has 0 spiro atoms. The molecule has 1 aromatic carbocycles. The molecule has 6 rings (SSSR count). The number of benzene rings is 1. The molecule has 2 aromatic rings. The van der Waals surface area contributed by atoms with Crippen LogP contribution in [0.25, 0.3) is 11.1 Å². The Morgan fingerprint density at radius 2 is 1.93 bits per heavy atom. The van der Waals surface area contributed by atoms with E-state index in [9.17, 15) is 13.2 Å². The lowest BCUT2D eigenvalue weighted by atomic mass is 9.76. The number of aromatic nitrogens is 2. The number of anilines is 1. The van der Waals surface area contributed by atoms with Crippen LogP contribution >= 0.6 is 0 Å². The predicted octanol–water partition coefficient (Wildman–Crippen LogP) is 7.26. The molecule has 5 nitrogen and oxygen atoms in total. The minimum Gasteiger partial charge on any atom is -0.345 e. The van der Waals surface area contributed by atoms with E-state index in [4.69, 9.17) is 0 Å². The lowest BCUT2D eigenvalue weighted by Crippen LogP contribution is -2.36. The van der Waals surface area contributed by atoms with E-state index in [1.54, 1.807) is 11.9 Å². The summed E-state index contributed by atoms with van der Waals surface area (Å²) in [6.07, 6.45) is 7.10. The van der Waals surface area contributed by atoms with Gasteiger partial charge in [0.05, 0.1) is 0 Å². The van der Waals surface area contributed by atoms with Crippen LogP contribution in [-0.4, -0.2) is 59.5 Å². The smallest absolute Gasteiger partial charge is 0.273 e. The minimum absolute atomic E-state index is 0.144. The predicted molar refractivity (Wildman–Crippen MR) is 153 cm³/mol. The van der Waals surface area contributed by atoms with Crippen LogP contribution in [0.4, 0.5) is 18.9 Å². The highest BCUT2D eigenvalue weighted by molar-refractivity contribution is 5.93. The van der Waals surface area contributed by atoms with E-state index < -0.39 is 18.8 Å². The van der Waals surface area contributed by atoms with Crippen LogP contribution in [0, 0.1) is 17.3 Å². The van der Waals surface area contributed by atoms with Gasteiger partial charge in [-0.2, -0.15) is 0 Å². The average molecular weight is 552 g/mol. The third-order valence-corrected chi connectivity index (χ3v) is 9.45. The molecular formula is C32H40F3N5. The first kappa shape index (κ1) is 27.4. The zero-order valence-corrected chi connectivity index (χ0v) is 23.6. The summed E-state index contributed by atoms with van der Waals surface area (Å²) in [6, 6.07) is 8.29. The Balaban J connectivity index is 1.24. The Morgan fingerprint density at radius 3 is 2.55 bits per heavy atom. The Bertz CT molecular complexity index is 1260. The molecule has 214 valence electrons. The van der Waals surface area contributed by atoms with Crippen LogP contribution in [0.3, 0.4) is 0 Å². The number of hydrogen-bond acceptors (Lipinski definition) is 5. The van der Waals surface area contributed by atoms with Gasteiger partial charge in [-0.25, -0.2) is 23.1 Å². The van der Waals surface area contributed by atoms with E-state index in [1.807, 2.05) is 18.5 Å². The summed E-state index contributed by atoms with van der Waals surface area (Å²) in [4.78, 5) is 17.6. The first-order valence-corrected chi connectivity index (χ1v) is 14.9. The molecular weight excluding hydrogens is 511 g/mol. The summed E-state index contributed by atoms with van der Waals surface area (Å²) >= 11 is 0. The maximum absolute atomic E-state index is 14.2. The number of rotatable bonds is 11. The molecule has 1 aliphatic heterocycles. The fourth-order valence-corrected chi connectivity index (χ4v) is 6.94. The number of allylic oxidation sites excluding steroid dienone is 1. The van der Waals surface area contributed by atoms with Crippen LogP contribution in [0.2, 0.25) is 0 Å². The second-order valence-corrected chi connectivity index (χ2v) is 12.5. The summed E-state index contributed by atoms with van der Waals surface area (Å²) in [5, 5.41) is 0. The SMILES string of the molecule is C=C(C1CC1F)N(CC1CCC(CCC)(C2=NC(C(F)F)N(C)C2)C1)c1cccc(-c2cnc(C3CC3)nc2)c1. The highest BCUT2D eigenvalue weighted by atomic mass is 19.3. The largest absolute Gasteiger partial charge is 0.345 e. The third kappa shape index (κ3) is 5.44. The van der Waals surface area contributed by atoms with Crippen molar-refractivity contribution in [2.24, 2.45) is 22.2 Å². The topological polar surface area (TPSA) is 44.6 Å². The van der Waals surface area contributed by atoms with Gasteiger partial charge < -0.3 is 4.90 Å². The molecule has 4 aliphatic rings. The maximum atomic E-state index is 14.2. The van der Waals surface area contributed by atoms with Gasteiger partial charge in [-0.1, -0.05) is 32.1 Å². The molecule has 2 heterocycles. The minimum atomic E-state index is -2.48. The molecule has 0 saturated heterocycles. The van der Waals surface area contributed by atoms with Crippen LogP contribution in [0.1, 0.15) is 70.0 Å². The van der Waals surface area contributed by atoms with E-state index in [0.29, 0.717) is 24.8 Å². The van der Waals surface area contributed by atoms with Crippen molar-refractivity contribution in [3.05, 3.63) is 54.8 Å². The van der Waals surface area contributed by atoms with Gasteiger partial charge in [-0.15, -0.1) is 0 Å². The van der Waals surface area contributed by atoms with Crippen molar-refractivity contribution in [2.45, 2.75) is 83.0 Å².